The molecule has 1 amide bonds. The molecule has 6 nitrogen and oxygen atoms in total. The highest BCUT2D eigenvalue weighted by Gasteiger charge is 2.18. The van der Waals surface area contributed by atoms with Gasteiger partial charge >= 0.3 is 0 Å². The number of nitrogens with one attached hydrogen (secondary N) is 1. The molecule has 0 radical (unpaired) electrons. The van der Waals surface area contributed by atoms with E-state index in [2.05, 4.69) is 15.5 Å². The highest BCUT2D eigenvalue weighted by Crippen LogP contribution is 2.18. The van der Waals surface area contributed by atoms with Gasteiger partial charge in [-0.25, -0.2) is 4.68 Å². The van der Waals surface area contributed by atoms with Crippen LogP contribution in [0.3, 0.4) is 0 Å². The molecule has 0 aliphatic rings. The maximum atomic E-state index is 12.4. The summed E-state index contributed by atoms with van der Waals surface area (Å²) in [7, 11) is 0. The first-order valence-electron chi connectivity index (χ1n) is 8.39. The molecule has 1 aromatic carbocycles. The van der Waals surface area contributed by atoms with Crippen LogP contribution in [0.25, 0.3) is 5.69 Å². The predicted molar refractivity (Wildman–Crippen MR) is 96.5 cm³/mol. The normalized spacial score (nSPS) is 13.4. The van der Waals surface area contributed by atoms with E-state index in [0.717, 1.165) is 22.6 Å². The molecule has 1 N–H and O–H groups in total. The number of hydrogen-bond acceptors (Lipinski definition) is 3. The lowest BCUT2D eigenvalue weighted by molar-refractivity contribution is -0.124. The van der Waals surface area contributed by atoms with Crippen LogP contribution >= 0.6 is 0 Å². The summed E-state index contributed by atoms with van der Waals surface area (Å²) < 4.78 is 3.57. The van der Waals surface area contributed by atoms with Gasteiger partial charge in [-0.2, -0.15) is 10.2 Å². The Kier molecular flexibility index (Phi) is 4.70. The van der Waals surface area contributed by atoms with Crippen LogP contribution in [0.15, 0.2) is 48.8 Å². The third-order valence-corrected chi connectivity index (χ3v) is 4.31. The Balaban J connectivity index is 1.69. The quantitative estimate of drug-likeness (QED) is 0.778. The number of aryl methyl sites for hydroxylation is 2. The lowest BCUT2D eigenvalue weighted by Gasteiger charge is -2.18. The van der Waals surface area contributed by atoms with Crippen molar-refractivity contribution < 1.29 is 4.79 Å². The standard InChI is InChI=1S/C19H23N5O/c1-13-12-14(2)24(22-13)18-8-6-17(7-9-18)15(3)21-19(25)16(4)23-11-5-10-20-23/h5-12,15-16H,1-4H3,(H,21,25)/t15-,16+/m1/s1. The molecule has 0 aliphatic carbocycles. The molecule has 0 bridgehead atoms. The Morgan fingerprint density at radius 1 is 1.16 bits per heavy atom. The van der Waals surface area contributed by atoms with Gasteiger partial charge in [0.05, 0.1) is 17.4 Å². The smallest absolute Gasteiger partial charge is 0.245 e. The number of benzene rings is 1. The molecule has 0 saturated carbocycles. The van der Waals surface area contributed by atoms with Crippen LogP contribution in [0.2, 0.25) is 0 Å². The summed E-state index contributed by atoms with van der Waals surface area (Å²) in [6.45, 7) is 7.83. The van der Waals surface area contributed by atoms with E-state index < -0.39 is 0 Å². The average molecular weight is 337 g/mol. The fourth-order valence-electron chi connectivity index (χ4n) is 2.84. The lowest BCUT2D eigenvalue weighted by atomic mass is 10.1. The number of hydrogen-bond donors (Lipinski definition) is 1. The number of carbonyl (C=O) groups excluding carboxylic acids is 1. The van der Waals surface area contributed by atoms with E-state index in [-0.39, 0.29) is 18.0 Å². The van der Waals surface area contributed by atoms with Gasteiger partial charge in [-0.1, -0.05) is 12.1 Å². The van der Waals surface area contributed by atoms with Crippen molar-refractivity contribution in [2.75, 3.05) is 0 Å². The van der Waals surface area contributed by atoms with Crippen molar-refractivity contribution in [3.8, 4) is 5.69 Å². The molecule has 2 heterocycles. The van der Waals surface area contributed by atoms with Gasteiger partial charge in [0.1, 0.15) is 6.04 Å². The predicted octanol–water partition coefficient (Wildman–Crippen LogP) is 3.12. The van der Waals surface area contributed by atoms with Crippen molar-refractivity contribution in [3.63, 3.8) is 0 Å². The molecule has 130 valence electrons. The molecule has 0 unspecified atom stereocenters. The lowest BCUT2D eigenvalue weighted by Crippen LogP contribution is -2.33. The Hall–Kier alpha value is -2.89. The van der Waals surface area contributed by atoms with Gasteiger partial charge < -0.3 is 5.32 Å². The number of rotatable bonds is 5. The minimum absolute atomic E-state index is 0.0566. The Morgan fingerprint density at radius 3 is 2.44 bits per heavy atom. The molecule has 0 fully saturated rings. The van der Waals surface area contributed by atoms with Crippen LogP contribution in [-0.2, 0) is 4.79 Å². The van der Waals surface area contributed by atoms with Gasteiger partial charge in [0.25, 0.3) is 0 Å². The summed E-state index contributed by atoms with van der Waals surface area (Å²) in [5, 5.41) is 11.6. The van der Waals surface area contributed by atoms with E-state index in [1.807, 2.05) is 68.8 Å². The summed E-state index contributed by atoms with van der Waals surface area (Å²) in [5.74, 6) is -0.0566. The van der Waals surface area contributed by atoms with Crippen molar-refractivity contribution in [2.45, 2.75) is 39.8 Å². The van der Waals surface area contributed by atoms with Gasteiger partial charge in [0, 0.05) is 18.1 Å². The zero-order valence-corrected chi connectivity index (χ0v) is 15.0. The van der Waals surface area contributed by atoms with E-state index >= 15 is 0 Å². The molecular formula is C19H23N5O. The third kappa shape index (κ3) is 3.63. The maximum absolute atomic E-state index is 12.4. The third-order valence-electron chi connectivity index (χ3n) is 4.31. The van der Waals surface area contributed by atoms with Crippen LogP contribution in [0.1, 0.15) is 42.9 Å². The van der Waals surface area contributed by atoms with Crippen LogP contribution in [0, 0.1) is 13.8 Å². The molecular weight excluding hydrogens is 314 g/mol. The monoisotopic (exact) mass is 337 g/mol. The fourth-order valence-corrected chi connectivity index (χ4v) is 2.84. The summed E-state index contributed by atoms with van der Waals surface area (Å²) in [6.07, 6.45) is 3.46. The Labute approximate surface area is 147 Å². The van der Waals surface area contributed by atoms with Gasteiger partial charge in [-0.05, 0) is 57.5 Å². The van der Waals surface area contributed by atoms with Crippen LogP contribution in [0.4, 0.5) is 0 Å². The molecule has 25 heavy (non-hydrogen) atoms. The van der Waals surface area contributed by atoms with Gasteiger partial charge in [-0.15, -0.1) is 0 Å². The summed E-state index contributed by atoms with van der Waals surface area (Å²) in [5.41, 5.74) is 4.15. The first-order chi connectivity index (χ1) is 12.0. The Morgan fingerprint density at radius 2 is 1.88 bits per heavy atom. The topological polar surface area (TPSA) is 64.7 Å². The zero-order valence-electron chi connectivity index (χ0n) is 15.0. The maximum Gasteiger partial charge on any atom is 0.245 e. The SMILES string of the molecule is Cc1cc(C)n(-c2ccc([C@@H](C)NC(=O)[C@H](C)n3cccn3)cc2)n1. The number of nitrogens with zero attached hydrogens (tertiary/aromatic N) is 4. The van der Waals surface area contributed by atoms with Gasteiger partial charge in [-0.3, -0.25) is 9.48 Å². The summed E-state index contributed by atoms with van der Waals surface area (Å²) in [4.78, 5) is 12.4. The number of amides is 1. The van der Waals surface area contributed by atoms with Crippen molar-refractivity contribution >= 4 is 5.91 Å². The minimum atomic E-state index is -0.341. The molecule has 6 heteroatoms. The van der Waals surface area contributed by atoms with Crippen molar-refractivity contribution in [1.29, 1.82) is 0 Å². The van der Waals surface area contributed by atoms with E-state index in [1.165, 1.54) is 0 Å². The highest BCUT2D eigenvalue weighted by atomic mass is 16.2. The van der Waals surface area contributed by atoms with Crippen molar-refractivity contribution in [1.82, 2.24) is 24.9 Å². The molecule has 0 saturated heterocycles. The largest absolute Gasteiger partial charge is 0.348 e. The van der Waals surface area contributed by atoms with Crippen molar-refractivity contribution in [3.05, 3.63) is 65.7 Å². The van der Waals surface area contributed by atoms with Crippen molar-refractivity contribution in [2.24, 2.45) is 0 Å². The van der Waals surface area contributed by atoms with Gasteiger partial charge in [0.2, 0.25) is 5.91 Å². The second-order valence-electron chi connectivity index (χ2n) is 6.32. The minimum Gasteiger partial charge on any atom is -0.348 e. The summed E-state index contributed by atoms with van der Waals surface area (Å²) in [6, 6.07) is 11.5. The first kappa shape index (κ1) is 17.0. The highest BCUT2D eigenvalue weighted by molar-refractivity contribution is 5.80. The second kappa shape index (κ2) is 6.93. The number of carbonyl (C=O) groups is 1. The van der Waals surface area contributed by atoms with Crippen LogP contribution in [0.5, 0.6) is 0 Å². The molecule has 0 spiro atoms. The molecule has 2 aromatic heterocycles. The van der Waals surface area contributed by atoms with E-state index in [0.29, 0.717) is 0 Å². The van der Waals surface area contributed by atoms with Crippen LogP contribution < -0.4 is 5.32 Å². The fraction of sp³-hybridized carbons (Fsp3) is 0.316. The van der Waals surface area contributed by atoms with E-state index in [4.69, 9.17) is 0 Å². The van der Waals surface area contributed by atoms with Gasteiger partial charge in [0.15, 0.2) is 0 Å². The first-order valence-corrected chi connectivity index (χ1v) is 8.39. The molecule has 2 atom stereocenters. The zero-order chi connectivity index (χ0) is 18.0. The Bertz CT molecular complexity index is 849. The summed E-state index contributed by atoms with van der Waals surface area (Å²) >= 11 is 0. The van der Waals surface area contributed by atoms with E-state index in [9.17, 15) is 4.79 Å². The average Bonchev–Trinajstić information content (AvgIpc) is 3.23. The number of aromatic nitrogens is 4. The second-order valence-corrected chi connectivity index (χ2v) is 6.32. The molecule has 3 aromatic rings. The molecule has 3 rings (SSSR count). The van der Waals surface area contributed by atoms with Crippen LogP contribution in [-0.4, -0.2) is 25.5 Å². The molecule has 0 aliphatic heterocycles. The van der Waals surface area contributed by atoms with E-state index in [1.54, 1.807) is 17.1 Å².